The third kappa shape index (κ3) is 0.526. The van der Waals surface area contributed by atoms with Gasteiger partial charge in [0.25, 0.3) is 0 Å². The topological polar surface area (TPSA) is 6.48 Å². The van der Waals surface area contributed by atoms with Crippen LogP contribution in [0.2, 0.25) is 0 Å². The van der Waals surface area contributed by atoms with E-state index in [1.165, 1.54) is 26.2 Å². The maximum Gasteiger partial charge on any atom is 0.173 e. The average Bonchev–Trinajstić information content (AvgIpc) is 2.22. The van der Waals surface area contributed by atoms with Gasteiger partial charge in [0.05, 0.1) is 0 Å². The number of hydrogen-bond donors (Lipinski definition) is 0. The highest BCUT2D eigenvalue weighted by atomic mass is 28.2. The zero-order valence-corrected chi connectivity index (χ0v) is 5.84. The normalized spacial score (nSPS) is 51.4. The van der Waals surface area contributed by atoms with Crippen molar-refractivity contribution in [1.29, 1.82) is 0 Å². The molecule has 2 rings (SSSR count). The molecule has 3 heteroatoms. The van der Waals surface area contributed by atoms with Gasteiger partial charge in [-0.1, -0.05) is 0 Å². The molecule has 7 heavy (non-hydrogen) atoms. The van der Waals surface area contributed by atoms with Crippen molar-refractivity contribution in [3.8, 4) is 0 Å². The zero-order chi connectivity index (χ0) is 4.69. The van der Waals surface area contributed by atoms with Gasteiger partial charge in [-0.2, -0.15) is 0 Å². The van der Waals surface area contributed by atoms with E-state index in [1.807, 2.05) is 0 Å². The average molecular weight is 114 g/mol. The van der Waals surface area contributed by atoms with E-state index in [2.05, 4.69) is 9.13 Å². The highest BCUT2D eigenvalue weighted by Gasteiger charge is 2.26. The van der Waals surface area contributed by atoms with Gasteiger partial charge in [0.1, 0.15) is 0 Å². The number of nitrogens with zero attached hydrogens (tertiary/aromatic N) is 2. The first-order valence-electron chi connectivity index (χ1n) is 2.90. The zero-order valence-electron chi connectivity index (χ0n) is 4.43. The van der Waals surface area contributed by atoms with E-state index >= 15 is 0 Å². The fraction of sp³-hybridized carbons (Fsp3) is 1.00. The number of piperazine rings is 1. The molecule has 2 fully saturated rings. The second-order valence-electron chi connectivity index (χ2n) is 2.38. The van der Waals surface area contributed by atoms with Crippen LogP contribution in [0.15, 0.2) is 0 Å². The monoisotopic (exact) mass is 114 g/mol. The van der Waals surface area contributed by atoms with Crippen LogP contribution >= 0.6 is 0 Å². The molecule has 0 spiro atoms. The molecule has 0 radical (unpaired) electrons. The molecule has 0 amide bonds. The molecule has 0 unspecified atom stereocenters. The smallest absolute Gasteiger partial charge is 0.173 e. The van der Waals surface area contributed by atoms with Crippen molar-refractivity contribution >= 4 is 9.84 Å². The molecule has 0 aromatic heterocycles. The number of fused-ring (bicyclic) bond motifs is 2. The van der Waals surface area contributed by atoms with Crippen molar-refractivity contribution < 1.29 is 0 Å². The molecule has 2 bridgehead atoms. The Morgan fingerprint density at radius 2 is 1.29 bits per heavy atom. The van der Waals surface area contributed by atoms with Crippen LogP contribution < -0.4 is 0 Å². The molecule has 2 saturated heterocycles. The molecule has 0 N–H and O–H groups in total. The Morgan fingerprint density at radius 1 is 0.857 bits per heavy atom. The van der Waals surface area contributed by atoms with Crippen molar-refractivity contribution in [2.45, 2.75) is 0 Å². The lowest BCUT2D eigenvalue weighted by atomic mass is 10.4. The fourth-order valence-electron chi connectivity index (χ4n) is 1.35. The summed E-state index contributed by atoms with van der Waals surface area (Å²) in [6.07, 6.45) is 0. The summed E-state index contributed by atoms with van der Waals surface area (Å²) < 4.78 is 5.25. The predicted molar refractivity (Wildman–Crippen MR) is 31.7 cm³/mol. The molecular formula is C4H10N2Si. The molecule has 2 aliphatic heterocycles. The Morgan fingerprint density at radius 3 is 1.43 bits per heavy atom. The SMILES string of the molecule is C1CN2CCN1[SiH2]2. The molecule has 0 aliphatic carbocycles. The van der Waals surface area contributed by atoms with E-state index in [1.54, 1.807) is 0 Å². The maximum atomic E-state index is 2.62. The van der Waals surface area contributed by atoms with Gasteiger partial charge >= 0.3 is 0 Å². The third-order valence-corrected chi connectivity index (χ3v) is 3.93. The van der Waals surface area contributed by atoms with Crippen molar-refractivity contribution in [1.82, 2.24) is 9.13 Å². The molecule has 2 heterocycles. The van der Waals surface area contributed by atoms with Gasteiger partial charge in [-0.15, -0.1) is 0 Å². The van der Waals surface area contributed by atoms with Crippen LogP contribution in [-0.4, -0.2) is 45.2 Å². The van der Waals surface area contributed by atoms with Crippen molar-refractivity contribution in [3.63, 3.8) is 0 Å². The summed E-state index contributed by atoms with van der Waals surface area (Å²) in [5.74, 6) is 0. The minimum absolute atomic E-state index is 0.170. The highest BCUT2D eigenvalue weighted by Crippen LogP contribution is 2.07. The quantitative estimate of drug-likeness (QED) is 0.358. The molecule has 0 saturated carbocycles. The number of rotatable bonds is 0. The summed E-state index contributed by atoms with van der Waals surface area (Å²) in [6, 6.07) is 0. The van der Waals surface area contributed by atoms with Gasteiger partial charge in [-0.05, 0) is 0 Å². The second kappa shape index (κ2) is 1.31. The number of hydrogen-bond acceptors (Lipinski definition) is 2. The van der Waals surface area contributed by atoms with Crippen molar-refractivity contribution in [2.75, 3.05) is 26.2 Å². The lowest BCUT2D eigenvalue weighted by Gasteiger charge is -2.11. The molecule has 2 nitrogen and oxygen atoms in total. The van der Waals surface area contributed by atoms with Crippen molar-refractivity contribution in [3.05, 3.63) is 0 Å². The molecule has 40 valence electrons. The Bertz CT molecular complexity index is 67.8. The molecular weight excluding hydrogens is 104 g/mol. The first-order chi connectivity index (χ1) is 3.45. The van der Waals surface area contributed by atoms with Gasteiger partial charge in [0, 0.05) is 26.2 Å². The Balaban J connectivity index is 2.12. The standard InChI is InChI=1S/C4H10N2Si/c1-2-6-4-3-5(1)7-6/h1-4,7H2. The van der Waals surface area contributed by atoms with E-state index in [0.29, 0.717) is 0 Å². The molecule has 0 atom stereocenters. The van der Waals surface area contributed by atoms with E-state index in [-0.39, 0.29) is 9.84 Å². The summed E-state index contributed by atoms with van der Waals surface area (Å²) in [5.41, 5.74) is 0. The maximum absolute atomic E-state index is 2.62. The van der Waals surface area contributed by atoms with Gasteiger partial charge in [-0.3, -0.25) is 0 Å². The third-order valence-electron chi connectivity index (χ3n) is 1.86. The fourth-order valence-corrected chi connectivity index (χ4v) is 3.05. The lowest BCUT2D eigenvalue weighted by Crippen LogP contribution is -2.24. The summed E-state index contributed by atoms with van der Waals surface area (Å²) in [4.78, 5) is 0. The van der Waals surface area contributed by atoms with Gasteiger partial charge in [-0.25, -0.2) is 0 Å². The summed E-state index contributed by atoms with van der Waals surface area (Å²) >= 11 is 0. The minimum atomic E-state index is 0.170. The lowest BCUT2D eigenvalue weighted by molar-refractivity contribution is 0.382. The van der Waals surface area contributed by atoms with Gasteiger partial charge in [0.15, 0.2) is 9.84 Å². The van der Waals surface area contributed by atoms with Crippen molar-refractivity contribution in [2.24, 2.45) is 0 Å². The van der Waals surface area contributed by atoms with Crippen LogP contribution in [0.3, 0.4) is 0 Å². The van der Waals surface area contributed by atoms with E-state index < -0.39 is 0 Å². The predicted octanol–water partition coefficient (Wildman–Crippen LogP) is -1.38. The summed E-state index contributed by atoms with van der Waals surface area (Å²) in [5, 5.41) is 0. The van der Waals surface area contributed by atoms with Crippen LogP contribution in [0.1, 0.15) is 0 Å². The Hall–Kier alpha value is 0.137. The van der Waals surface area contributed by atoms with Gasteiger partial charge < -0.3 is 9.13 Å². The molecule has 0 aromatic carbocycles. The Labute approximate surface area is 46.1 Å². The summed E-state index contributed by atoms with van der Waals surface area (Å²) in [7, 11) is 0.170. The van der Waals surface area contributed by atoms with E-state index in [9.17, 15) is 0 Å². The first kappa shape index (κ1) is 4.06. The van der Waals surface area contributed by atoms with E-state index in [0.717, 1.165) is 0 Å². The van der Waals surface area contributed by atoms with Crippen LogP contribution in [0.5, 0.6) is 0 Å². The van der Waals surface area contributed by atoms with Crippen LogP contribution in [0, 0.1) is 0 Å². The first-order valence-corrected chi connectivity index (χ1v) is 4.16. The van der Waals surface area contributed by atoms with E-state index in [4.69, 9.17) is 0 Å². The highest BCUT2D eigenvalue weighted by molar-refractivity contribution is 6.30. The minimum Gasteiger partial charge on any atom is -0.314 e. The largest absolute Gasteiger partial charge is 0.314 e. The van der Waals surface area contributed by atoms with Crippen LogP contribution in [0.4, 0.5) is 0 Å². The Kier molecular flexibility index (Phi) is 0.757. The molecule has 0 aromatic rings. The van der Waals surface area contributed by atoms with Gasteiger partial charge in [0.2, 0.25) is 0 Å². The summed E-state index contributed by atoms with van der Waals surface area (Å²) in [6.45, 7) is 5.52. The van der Waals surface area contributed by atoms with Crippen LogP contribution in [0.25, 0.3) is 0 Å². The van der Waals surface area contributed by atoms with Crippen LogP contribution in [-0.2, 0) is 0 Å². The molecule has 2 aliphatic rings. The second-order valence-corrected chi connectivity index (χ2v) is 4.45.